The lowest BCUT2D eigenvalue weighted by molar-refractivity contribution is 0.0699. The summed E-state index contributed by atoms with van der Waals surface area (Å²) >= 11 is 1.37. The third kappa shape index (κ3) is 1.24. The average molecular weight is 203 g/mol. The second kappa shape index (κ2) is 3.13. The Bertz CT molecular complexity index is 551. The van der Waals surface area contributed by atoms with Gasteiger partial charge >= 0.3 is 5.97 Å². The molecule has 0 spiro atoms. The van der Waals surface area contributed by atoms with Crippen molar-refractivity contribution < 1.29 is 9.90 Å². The van der Waals surface area contributed by atoms with Gasteiger partial charge in [0.25, 0.3) is 0 Å². The van der Waals surface area contributed by atoms with E-state index in [-0.39, 0.29) is 5.56 Å². The number of hydrogen-bond acceptors (Lipinski definition) is 3. The maximum atomic E-state index is 10.9. The van der Waals surface area contributed by atoms with E-state index in [4.69, 9.17) is 10.4 Å². The summed E-state index contributed by atoms with van der Waals surface area (Å²) in [6.07, 6.45) is 0. The van der Waals surface area contributed by atoms with E-state index in [9.17, 15) is 4.79 Å². The second-order valence-electron chi connectivity index (χ2n) is 2.78. The summed E-state index contributed by atoms with van der Waals surface area (Å²) < 4.78 is 0.719. The topological polar surface area (TPSA) is 61.1 Å². The smallest absolute Gasteiger partial charge is 0.337 e. The zero-order valence-corrected chi connectivity index (χ0v) is 7.84. The van der Waals surface area contributed by atoms with Crippen molar-refractivity contribution in [1.29, 1.82) is 5.26 Å². The van der Waals surface area contributed by atoms with Gasteiger partial charge in [-0.15, -0.1) is 11.3 Å². The van der Waals surface area contributed by atoms with Crippen LogP contribution in [0.3, 0.4) is 0 Å². The SMILES string of the molecule is N#Cc1cc(C(=O)O)c2sccc2c1. The lowest BCUT2D eigenvalue weighted by atomic mass is 10.1. The summed E-state index contributed by atoms with van der Waals surface area (Å²) in [4.78, 5) is 10.9. The summed E-state index contributed by atoms with van der Waals surface area (Å²) in [5.74, 6) is -0.991. The molecule has 0 radical (unpaired) electrons. The highest BCUT2D eigenvalue weighted by atomic mass is 32.1. The minimum absolute atomic E-state index is 0.203. The van der Waals surface area contributed by atoms with Crippen molar-refractivity contribution in [2.75, 3.05) is 0 Å². The fourth-order valence-electron chi connectivity index (χ4n) is 1.31. The van der Waals surface area contributed by atoms with E-state index in [1.807, 2.05) is 17.5 Å². The Morgan fingerprint density at radius 2 is 2.29 bits per heavy atom. The van der Waals surface area contributed by atoms with E-state index in [1.165, 1.54) is 17.4 Å². The van der Waals surface area contributed by atoms with Gasteiger partial charge in [0.1, 0.15) is 0 Å². The molecule has 3 nitrogen and oxygen atoms in total. The van der Waals surface area contributed by atoms with Gasteiger partial charge in [-0.3, -0.25) is 0 Å². The number of nitriles is 1. The fourth-order valence-corrected chi connectivity index (χ4v) is 2.19. The minimum Gasteiger partial charge on any atom is -0.478 e. The van der Waals surface area contributed by atoms with Crippen molar-refractivity contribution in [3.63, 3.8) is 0 Å². The lowest BCUT2D eigenvalue weighted by Crippen LogP contribution is -1.96. The first kappa shape index (κ1) is 8.73. The van der Waals surface area contributed by atoms with Gasteiger partial charge < -0.3 is 5.11 Å². The molecule has 0 unspecified atom stereocenters. The van der Waals surface area contributed by atoms with Gasteiger partial charge in [-0.25, -0.2) is 4.79 Å². The molecule has 0 fully saturated rings. The van der Waals surface area contributed by atoms with Gasteiger partial charge in [-0.1, -0.05) is 0 Å². The first-order valence-electron chi connectivity index (χ1n) is 3.87. The van der Waals surface area contributed by atoms with Crippen LogP contribution >= 0.6 is 11.3 Å². The van der Waals surface area contributed by atoms with Crippen LogP contribution in [-0.4, -0.2) is 11.1 Å². The number of fused-ring (bicyclic) bond motifs is 1. The average Bonchev–Trinajstić information content (AvgIpc) is 2.63. The van der Waals surface area contributed by atoms with E-state index < -0.39 is 5.97 Å². The van der Waals surface area contributed by atoms with Crippen molar-refractivity contribution in [1.82, 2.24) is 0 Å². The minimum atomic E-state index is -0.991. The van der Waals surface area contributed by atoms with Crippen LogP contribution in [0.1, 0.15) is 15.9 Å². The van der Waals surface area contributed by atoms with Crippen LogP contribution in [0.25, 0.3) is 10.1 Å². The van der Waals surface area contributed by atoms with Gasteiger partial charge in [-0.05, 0) is 29.0 Å². The Balaban J connectivity index is 2.85. The molecule has 2 rings (SSSR count). The predicted octanol–water partition coefficient (Wildman–Crippen LogP) is 2.47. The van der Waals surface area contributed by atoms with E-state index in [0.717, 1.165) is 10.1 Å². The number of hydrogen-bond donors (Lipinski definition) is 1. The van der Waals surface area contributed by atoms with Crippen LogP contribution in [0.5, 0.6) is 0 Å². The Morgan fingerprint density at radius 3 is 2.93 bits per heavy atom. The number of carboxylic acids is 1. The van der Waals surface area contributed by atoms with Gasteiger partial charge in [0.2, 0.25) is 0 Å². The number of benzene rings is 1. The molecule has 0 aliphatic rings. The monoisotopic (exact) mass is 203 g/mol. The Labute approximate surface area is 83.8 Å². The molecule has 0 bridgehead atoms. The van der Waals surface area contributed by atoms with Crippen LogP contribution in [0.15, 0.2) is 23.6 Å². The summed E-state index contributed by atoms with van der Waals surface area (Å²) in [5.41, 5.74) is 0.586. The van der Waals surface area contributed by atoms with Gasteiger partial charge in [0.05, 0.1) is 17.2 Å². The van der Waals surface area contributed by atoms with Gasteiger partial charge in [0.15, 0.2) is 0 Å². The zero-order valence-electron chi connectivity index (χ0n) is 7.02. The Kier molecular flexibility index (Phi) is 1.95. The highest BCUT2D eigenvalue weighted by Crippen LogP contribution is 2.26. The molecule has 1 N–H and O–H groups in total. The second-order valence-corrected chi connectivity index (χ2v) is 3.70. The van der Waals surface area contributed by atoms with Crippen molar-refractivity contribution in [3.05, 3.63) is 34.7 Å². The van der Waals surface area contributed by atoms with Crippen molar-refractivity contribution in [2.45, 2.75) is 0 Å². The fraction of sp³-hybridized carbons (Fsp3) is 0. The largest absolute Gasteiger partial charge is 0.478 e. The molecule has 0 aliphatic heterocycles. The maximum Gasteiger partial charge on any atom is 0.337 e. The normalized spacial score (nSPS) is 9.93. The molecule has 1 aromatic carbocycles. The van der Waals surface area contributed by atoms with E-state index >= 15 is 0 Å². The molecule has 4 heteroatoms. The van der Waals surface area contributed by atoms with E-state index in [2.05, 4.69) is 0 Å². The molecule has 1 aromatic heterocycles. The first-order chi connectivity index (χ1) is 6.72. The van der Waals surface area contributed by atoms with Crippen LogP contribution in [0, 0.1) is 11.3 Å². The van der Waals surface area contributed by atoms with Crippen molar-refractivity contribution in [2.24, 2.45) is 0 Å². The molecule has 0 amide bonds. The number of carbonyl (C=O) groups is 1. The quantitative estimate of drug-likeness (QED) is 0.774. The summed E-state index contributed by atoms with van der Waals surface area (Å²) in [7, 11) is 0. The Morgan fingerprint density at radius 1 is 1.50 bits per heavy atom. The molecular formula is C10H5NO2S. The van der Waals surface area contributed by atoms with E-state index in [1.54, 1.807) is 6.07 Å². The summed E-state index contributed by atoms with van der Waals surface area (Å²) in [6, 6.07) is 6.85. The highest BCUT2D eigenvalue weighted by molar-refractivity contribution is 7.17. The van der Waals surface area contributed by atoms with Crippen LogP contribution in [0.4, 0.5) is 0 Å². The molecule has 68 valence electrons. The van der Waals surface area contributed by atoms with Crippen molar-refractivity contribution >= 4 is 27.4 Å². The van der Waals surface area contributed by atoms with Crippen LogP contribution in [0.2, 0.25) is 0 Å². The summed E-state index contributed by atoms with van der Waals surface area (Å²) in [6.45, 7) is 0. The third-order valence-corrected chi connectivity index (χ3v) is 2.87. The molecule has 0 atom stereocenters. The molecule has 0 saturated heterocycles. The highest BCUT2D eigenvalue weighted by Gasteiger charge is 2.11. The summed E-state index contributed by atoms with van der Waals surface area (Å²) in [5, 5.41) is 20.2. The number of carboxylic acid groups (broad SMARTS) is 1. The van der Waals surface area contributed by atoms with Crippen molar-refractivity contribution in [3.8, 4) is 6.07 Å². The van der Waals surface area contributed by atoms with E-state index in [0.29, 0.717) is 5.56 Å². The number of nitrogens with zero attached hydrogens (tertiary/aromatic N) is 1. The van der Waals surface area contributed by atoms with Gasteiger partial charge in [-0.2, -0.15) is 5.26 Å². The van der Waals surface area contributed by atoms with Crippen LogP contribution < -0.4 is 0 Å². The molecule has 1 heterocycles. The molecule has 2 aromatic rings. The standard InChI is InChI=1S/C10H5NO2S/c11-5-6-3-7-1-2-14-9(7)8(4-6)10(12)13/h1-4H,(H,12,13). The number of aromatic carboxylic acids is 1. The number of rotatable bonds is 1. The third-order valence-electron chi connectivity index (χ3n) is 1.91. The molecule has 14 heavy (non-hydrogen) atoms. The lowest BCUT2D eigenvalue weighted by Gasteiger charge is -1.97. The molecular weight excluding hydrogens is 198 g/mol. The van der Waals surface area contributed by atoms with Gasteiger partial charge in [0, 0.05) is 4.70 Å². The number of thiophene rings is 1. The molecule has 0 aliphatic carbocycles. The zero-order chi connectivity index (χ0) is 10.1. The first-order valence-corrected chi connectivity index (χ1v) is 4.75. The Hall–Kier alpha value is -1.86. The molecule has 0 saturated carbocycles. The predicted molar refractivity (Wildman–Crippen MR) is 53.5 cm³/mol. The van der Waals surface area contributed by atoms with Crippen LogP contribution in [-0.2, 0) is 0 Å². The maximum absolute atomic E-state index is 10.9.